The van der Waals surface area contributed by atoms with E-state index in [-0.39, 0.29) is 5.92 Å². The van der Waals surface area contributed by atoms with Gasteiger partial charge in [-0.05, 0) is 38.9 Å². The van der Waals surface area contributed by atoms with Crippen molar-refractivity contribution in [2.75, 3.05) is 13.6 Å². The van der Waals surface area contributed by atoms with Crippen LogP contribution in [0, 0.1) is 12.8 Å². The highest BCUT2D eigenvalue weighted by Crippen LogP contribution is 2.31. The number of hydrogen-bond donors (Lipinski definition) is 1. The maximum absolute atomic E-state index is 10.7. The molecule has 0 aromatic carbocycles. The van der Waals surface area contributed by atoms with E-state index in [9.17, 15) is 4.79 Å². The highest BCUT2D eigenvalue weighted by Gasteiger charge is 2.36. The molecule has 1 heterocycles. The van der Waals surface area contributed by atoms with Crippen LogP contribution >= 0.6 is 0 Å². The average molecular weight is 237 g/mol. The molecule has 4 nitrogen and oxygen atoms in total. The molecule has 2 rings (SSSR count). The largest absolute Gasteiger partial charge is 0.481 e. The number of likely N-dealkylation sites (N-methyl/N-ethyl adjacent to an activating group) is 1. The van der Waals surface area contributed by atoms with Crippen LogP contribution < -0.4 is 0 Å². The van der Waals surface area contributed by atoms with Crippen LogP contribution in [0.4, 0.5) is 0 Å². The molecule has 0 bridgehead atoms. The second-order valence-electron chi connectivity index (χ2n) is 4.90. The molecule has 1 aromatic heterocycles. The Hall–Kier alpha value is -1.29. The Balaban J connectivity index is 1.72. The molecule has 0 saturated heterocycles. The molecule has 17 heavy (non-hydrogen) atoms. The van der Waals surface area contributed by atoms with Crippen molar-refractivity contribution in [2.45, 2.75) is 32.2 Å². The SMILES string of the molecule is Cc1ccc(CCN(C)C2CC(C(=O)O)C2)o1. The molecule has 1 saturated carbocycles. The molecular formula is C13H19NO3. The molecule has 1 fully saturated rings. The minimum absolute atomic E-state index is 0.131. The van der Waals surface area contributed by atoms with Gasteiger partial charge in [0.15, 0.2) is 0 Å². The first-order chi connectivity index (χ1) is 8.06. The minimum Gasteiger partial charge on any atom is -0.481 e. The Kier molecular flexibility index (Phi) is 3.52. The Bertz CT molecular complexity index is 393. The molecule has 1 aliphatic carbocycles. The van der Waals surface area contributed by atoms with E-state index in [2.05, 4.69) is 11.9 Å². The number of carboxylic acids is 1. The van der Waals surface area contributed by atoms with Gasteiger partial charge in [0.25, 0.3) is 0 Å². The average Bonchev–Trinajstić information content (AvgIpc) is 2.58. The molecule has 0 radical (unpaired) electrons. The Morgan fingerprint density at radius 3 is 2.76 bits per heavy atom. The number of aryl methyl sites for hydroxylation is 1. The zero-order valence-corrected chi connectivity index (χ0v) is 10.3. The van der Waals surface area contributed by atoms with Crippen LogP contribution in [0.15, 0.2) is 16.5 Å². The van der Waals surface area contributed by atoms with Gasteiger partial charge in [-0.3, -0.25) is 4.79 Å². The van der Waals surface area contributed by atoms with Gasteiger partial charge in [-0.2, -0.15) is 0 Å². The first kappa shape index (κ1) is 12.2. The third-order valence-electron chi connectivity index (χ3n) is 3.59. The van der Waals surface area contributed by atoms with E-state index in [1.807, 2.05) is 19.1 Å². The monoisotopic (exact) mass is 237 g/mol. The molecule has 94 valence electrons. The van der Waals surface area contributed by atoms with Gasteiger partial charge in [-0.1, -0.05) is 0 Å². The van der Waals surface area contributed by atoms with Crippen molar-refractivity contribution in [2.24, 2.45) is 5.92 Å². The highest BCUT2D eigenvalue weighted by molar-refractivity contribution is 5.71. The smallest absolute Gasteiger partial charge is 0.306 e. The first-order valence-electron chi connectivity index (χ1n) is 6.04. The van der Waals surface area contributed by atoms with Crippen molar-refractivity contribution in [3.8, 4) is 0 Å². The normalized spacial score (nSPS) is 23.7. The van der Waals surface area contributed by atoms with Gasteiger partial charge in [0, 0.05) is 19.0 Å². The van der Waals surface area contributed by atoms with Gasteiger partial charge in [0.2, 0.25) is 0 Å². The van der Waals surface area contributed by atoms with Crippen LogP contribution in [0.2, 0.25) is 0 Å². The summed E-state index contributed by atoms with van der Waals surface area (Å²) in [6.07, 6.45) is 2.45. The Morgan fingerprint density at radius 2 is 2.24 bits per heavy atom. The van der Waals surface area contributed by atoms with Gasteiger partial charge in [0.1, 0.15) is 11.5 Å². The molecule has 0 spiro atoms. The standard InChI is InChI=1S/C13H19NO3/c1-9-3-4-12(17-9)5-6-14(2)11-7-10(8-11)13(15)16/h3-4,10-11H,5-8H2,1-2H3,(H,15,16). The molecule has 0 unspecified atom stereocenters. The summed E-state index contributed by atoms with van der Waals surface area (Å²) in [6, 6.07) is 4.40. The Morgan fingerprint density at radius 1 is 1.53 bits per heavy atom. The van der Waals surface area contributed by atoms with Gasteiger partial charge in [-0.15, -0.1) is 0 Å². The molecule has 0 aliphatic heterocycles. The van der Waals surface area contributed by atoms with E-state index in [0.29, 0.717) is 6.04 Å². The van der Waals surface area contributed by atoms with Crippen LogP contribution in [-0.2, 0) is 11.2 Å². The lowest BCUT2D eigenvalue weighted by Gasteiger charge is -2.39. The number of rotatable bonds is 5. The summed E-state index contributed by atoms with van der Waals surface area (Å²) in [5.74, 6) is 1.16. The lowest BCUT2D eigenvalue weighted by atomic mass is 9.79. The molecular weight excluding hydrogens is 218 g/mol. The maximum Gasteiger partial charge on any atom is 0.306 e. The molecule has 0 amide bonds. The molecule has 4 heteroatoms. The number of carbonyl (C=O) groups is 1. The summed E-state index contributed by atoms with van der Waals surface area (Å²) in [5.41, 5.74) is 0. The summed E-state index contributed by atoms with van der Waals surface area (Å²) in [6.45, 7) is 2.86. The summed E-state index contributed by atoms with van der Waals surface area (Å²) in [7, 11) is 2.05. The number of hydrogen-bond acceptors (Lipinski definition) is 3. The quantitative estimate of drug-likeness (QED) is 0.850. The number of aliphatic carboxylic acids is 1. The summed E-state index contributed by atoms with van der Waals surface area (Å²) in [4.78, 5) is 12.9. The predicted octanol–water partition coefficient (Wildman–Crippen LogP) is 1.93. The van der Waals surface area contributed by atoms with Crippen LogP contribution in [0.5, 0.6) is 0 Å². The third-order valence-corrected chi connectivity index (χ3v) is 3.59. The van der Waals surface area contributed by atoms with Crippen molar-refractivity contribution in [1.29, 1.82) is 0 Å². The highest BCUT2D eigenvalue weighted by atomic mass is 16.4. The lowest BCUT2D eigenvalue weighted by Crippen LogP contribution is -2.45. The molecule has 0 atom stereocenters. The zero-order chi connectivity index (χ0) is 12.4. The van der Waals surface area contributed by atoms with Crippen molar-refractivity contribution >= 4 is 5.97 Å². The van der Waals surface area contributed by atoms with Crippen molar-refractivity contribution in [1.82, 2.24) is 4.90 Å². The lowest BCUT2D eigenvalue weighted by molar-refractivity contribution is -0.146. The third kappa shape index (κ3) is 2.88. The predicted molar refractivity (Wildman–Crippen MR) is 63.9 cm³/mol. The summed E-state index contributed by atoms with van der Waals surface area (Å²) < 4.78 is 5.50. The topological polar surface area (TPSA) is 53.7 Å². The number of carboxylic acid groups (broad SMARTS) is 1. The number of furan rings is 1. The van der Waals surface area contributed by atoms with E-state index < -0.39 is 5.97 Å². The van der Waals surface area contributed by atoms with E-state index in [4.69, 9.17) is 9.52 Å². The molecule has 1 aliphatic rings. The fourth-order valence-corrected chi connectivity index (χ4v) is 2.24. The van der Waals surface area contributed by atoms with Gasteiger partial charge in [-0.25, -0.2) is 0 Å². The van der Waals surface area contributed by atoms with Crippen molar-refractivity contribution in [3.63, 3.8) is 0 Å². The van der Waals surface area contributed by atoms with E-state index in [0.717, 1.165) is 37.3 Å². The van der Waals surface area contributed by atoms with E-state index >= 15 is 0 Å². The fourth-order valence-electron chi connectivity index (χ4n) is 2.24. The number of nitrogens with zero attached hydrogens (tertiary/aromatic N) is 1. The summed E-state index contributed by atoms with van der Waals surface area (Å²) >= 11 is 0. The van der Waals surface area contributed by atoms with Gasteiger partial charge in [0.05, 0.1) is 5.92 Å². The molecule has 1 N–H and O–H groups in total. The first-order valence-corrected chi connectivity index (χ1v) is 6.04. The van der Waals surface area contributed by atoms with Crippen LogP contribution in [0.3, 0.4) is 0 Å². The van der Waals surface area contributed by atoms with Crippen molar-refractivity contribution in [3.05, 3.63) is 23.7 Å². The maximum atomic E-state index is 10.7. The van der Waals surface area contributed by atoms with Gasteiger partial charge >= 0.3 is 5.97 Å². The molecule has 1 aromatic rings. The van der Waals surface area contributed by atoms with Crippen LogP contribution in [0.25, 0.3) is 0 Å². The van der Waals surface area contributed by atoms with Gasteiger partial charge < -0.3 is 14.4 Å². The minimum atomic E-state index is -0.656. The van der Waals surface area contributed by atoms with Crippen molar-refractivity contribution < 1.29 is 14.3 Å². The van der Waals surface area contributed by atoms with E-state index in [1.165, 1.54) is 0 Å². The fraction of sp³-hybridized carbons (Fsp3) is 0.615. The second-order valence-corrected chi connectivity index (χ2v) is 4.90. The Labute approximate surface area is 101 Å². The van der Waals surface area contributed by atoms with E-state index in [1.54, 1.807) is 0 Å². The second kappa shape index (κ2) is 4.92. The van der Waals surface area contributed by atoms with Crippen LogP contribution in [-0.4, -0.2) is 35.6 Å². The summed E-state index contributed by atoms with van der Waals surface area (Å²) in [5, 5.41) is 8.81. The van der Waals surface area contributed by atoms with Crippen LogP contribution in [0.1, 0.15) is 24.4 Å². The zero-order valence-electron chi connectivity index (χ0n) is 10.3.